The molecule has 0 spiro atoms. The van der Waals surface area contributed by atoms with E-state index >= 15 is 0 Å². The molecule has 0 saturated heterocycles. The molecule has 0 aliphatic heterocycles. The van der Waals surface area contributed by atoms with Crippen molar-refractivity contribution in [3.05, 3.63) is 84.9 Å². The number of rotatable bonds is 10. The largest absolute Gasteiger partial charge is 1.00 e. The van der Waals surface area contributed by atoms with Gasteiger partial charge in [-0.25, -0.2) is 33.7 Å². The van der Waals surface area contributed by atoms with Crippen LogP contribution in [0.4, 0.5) is 45.5 Å². The number of nitrogen functional groups attached to an aromatic ring is 2. The second kappa shape index (κ2) is 22.5. The van der Waals surface area contributed by atoms with Crippen molar-refractivity contribution in [2.45, 2.75) is 19.6 Å². The van der Waals surface area contributed by atoms with Gasteiger partial charge in [-0.15, -0.1) is 20.5 Å². The second-order valence-electron chi connectivity index (χ2n) is 12.6. The Balaban J connectivity index is 0.00000374. The van der Waals surface area contributed by atoms with Gasteiger partial charge in [-0.05, 0) is 83.6 Å². The normalized spacial score (nSPS) is 11.9. The monoisotopic (exact) mass is 1020 g/mol. The minimum Gasteiger partial charge on any atom is -0.744 e. The van der Waals surface area contributed by atoms with Crippen LogP contribution in [0.5, 0.6) is 11.5 Å². The molecule has 0 radical (unpaired) electrons. The molecule has 0 atom stereocenters. The number of hydrogen-bond acceptors (Lipinski definition) is 22. The molecule has 0 heterocycles. The molecule has 0 aliphatic rings. The molecule has 0 unspecified atom stereocenters. The van der Waals surface area contributed by atoms with Gasteiger partial charge in [0.1, 0.15) is 74.7 Å². The second-order valence-corrected chi connectivity index (χ2v) is 18.0. The summed E-state index contributed by atoms with van der Waals surface area (Å²) in [6.45, 7) is 0. The molecular formula is C34H22N8Na4O16S4. The molecular weight excluding hydrogens is 997 g/mol. The number of carbonyl (C=O) groups excluding carboxylic acids is 2. The molecule has 6 rings (SSSR count). The number of nitrogens with two attached hydrogens (primary N) is 2. The zero-order valence-corrected chi connectivity index (χ0v) is 45.5. The van der Waals surface area contributed by atoms with Gasteiger partial charge >= 0.3 is 130 Å². The van der Waals surface area contributed by atoms with E-state index in [0.29, 0.717) is 24.3 Å². The van der Waals surface area contributed by atoms with Crippen LogP contribution >= 0.6 is 0 Å². The molecule has 66 heavy (non-hydrogen) atoms. The summed E-state index contributed by atoms with van der Waals surface area (Å²) in [5, 5.41) is 39.6. The van der Waals surface area contributed by atoms with Crippen LogP contribution in [0.15, 0.2) is 125 Å². The van der Waals surface area contributed by atoms with Gasteiger partial charge in [0.25, 0.3) is 0 Å². The quantitative estimate of drug-likeness (QED) is 0.0244. The first-order valence-electron chi connectivity index (χ1n) is 16.4. The summed E-state index contributed by atoms with van der Waals surface area (Å²) in [4.78, 5) is 21.9. The van der Waals surface area contributed by atoms with Crippen LogP contribution < -0.4 is 140 Å². The van der Waals surface area contributed by atoms with Crippen molar-refractivity contribution < 1.29 is 190 Å². The molecule has 0 fully saturated rings. The SMILES string of the molecule is Nc1ccc2cc(S(=O)(=O)[O-])cc(O)c2c1N=Nc1ccc(NC(=O)C(=O)Nc2ccc(N=Nc3c(N)ccc4cc(S(=O)(=O)[O-])cc(O)c34)c(S(=O)(=O)[O-])c2)cc1S(=O)(=O)[O-].[Na+].[Na+].[Na+].[Na+]. The number of fused-ring (bicyclic) bond motifs is 2. The van der Waals surface area contributed by atoms with Crippen LogP contribution in [0, 0.1) is 0 Å². The third-order valence-corrected chi connectivity index (χ3v) is 11.8. The molecule has 32 heteroatoms. The average Bonchev–Trinajstić information content (AvgIpc) is 3.16. The fourth-order valence-corrected chi connectivity index (χ4v) is 7.99. The molecule has 0 saturated carbocycles. The molecule has 24 nitrogen and oxygen atoms in total. The number of phenols is 2. The van der Waals surface area contributed by atoms with E-state index in [1.165, 1.54) is 24.3 Å². The summed E-state index contributed by atoms with van der Waals surface area (Å²) in [6, 6.07) is 12.9. The maximum atomic E-state index is 12.8. The number of phenolic OH excluding ortho intramolecular Hbond substituents is 2. The van der Waals surface area contributed by atoms with Crippen LogP contribution in [-0.2, 0) is 50.1 Å². The summed E-state index contributed by atoms with van der Waals surface area (Å²) >= 11 is 0. The number of nitrogens with one attached hydrogen (secondary N) is 2. The van der Waals surface area contributed by atoms with Crippen molar-refractivity contribution in [3.63, 3.8) is 0 Å². The van der Waals surface area contributed by atoms with Crippen molar-refractivity contribution >= 4 is 119 Å². The van der Waals surface area contributed by atoms with Crippen molar-refractivity contribution in [3.8, 4) is 11.5 Å². The number of anilines is 4. The smallest absolute Gasteiger partial charge is 0.744 e. The van der Waals surface area contributed by atoms with E-state index in [1.54, 1.807) is 0 Å². The minimum absolute atomic E-state index is 0. The maximum Gasteiger partial charge on any atom is 1.00 e. The van der Waals surface area contributed by atoms with Crippen molar-refractivity contribution in [2.75, 3.05) is 22.1 Å². The maximum absolute atomic E-state index is 12.8. The van der Waals surface area contributed by atoms with Crippen LogP contribution in [0.3, 0.4) is 0 Å². The standard InChI is InChI=1S/C34H26N8O16S4.4Na/c35-21-5-1-15-9-19(59(47,48)49)13-25(43)29(15)31(21)41-39-23-7-3-17(11-27(23)61(53,54)55)37-33(45)34(46)38-18-4-8-24(28(12-18)62(56,57)58)40-42-32-22(36)6-2-16-10-20(60(50,51)52)14-26(44)30(16)32;;;;/h1-14,43-44H,35-36H2,(H,37,45)(H,38,46)(H,47,48,49)(H,50,51,52)(H,53,54,55)(H,56,57,58);;;;/q;4*+1/p-4. The minimum atomic E-state index is -5.41. The first kappa shape index (κ1) is 58.9. The molecule has 2 amide bonds. The predicted molar refractivity (Wildman–Crippen MR) is 210 cm³/mol. The number of aromatic hydroxyl groups is 2. The first-order valence-corrected chi connectivity index (χ1v) is 22.0. The summed E-state index contributed by atoms with van der Waals surface area (Å²) < 4.78 is 142. The Kier molecular flexibility index (Phi) is 20.1. The molecule has 6 aromatic carbocycles. The molecule has 322 valence electrons. The van der Waals surface area contributed by atoms with Gasteiger partial charge in [0.15, 0.2) is 0 Å². The third kappa shape index (κ3) is 13.5. The topological polar surface area (TPSA) is 429 Å². The zero-order valence-electron chi connectivity index (χ0n) is 34.3. The molecule has 0 bridgehead atoms. The Morgan fingerprint density at radius 2 is 0.803 bits per heavy atom. The predicted octanol–water partition coefficient (Wildman–Crippen LogP) is -8.39. The molecule has 8 N–H and O–H groups in total. The number of hydrogen-bond donors (Lipinski definition) is 6. The van der Waals surface area contributed by atoms with E-state index in [2.05, 4.69) is 20.5 Å². The van der Waals surface area contributed by atoms with E-state index < -0.39 is 106 Å². The number of amides is 2. The van der Waals surface area contributed by atoms with Gasteiger partial charge in [0.2, 0.25) is 0 Å². The zero-order chi connectivity index (χ0) is 45.7. The Bertz CT molecular complexity index is 3250. The fourth-order valence-electron chi connectivity index (χ4n) is 5.67. The Labute approximate surface area is 461 Å². The van der Waals surface area contributed by atoms with Crippen LogP contribution in [-0.4, -0.2) is 73.9 Å². The Morgan fingerprint density at radius 3 is 1.11 bits per heavy atom. The van der Waals surface area contributed by atoms with Gasteiger partial charge in [0.05, 0.1) is 41.7 Å². The summed E-state index contributed by atoms with van der Waals surface area (Å²) in [6.07, 6.45) is 0. The van der Waals surface area contributed by atoms with E-state index in [1.807, 2.05) is 10.6 Å². The Morgan fingerprint density at radius 1 is 0.470 bits per heavy atom. The molecule has 6 aromatic rings. The van der Waals surface area contributed by atoms with Gasteiger partial charge in [0, 0.05) is 11.4 Å². The molecule has 0 aromatic heterocycles. The van der Waals surface area contributed by atoms with Crippen molar-refractivity contribution in [1.29, 1.82) is 0 Å². The Hall–Kier alpha value is -3.18. The van der Waals surface area contributed by atoms with Crippen LogP contribution in [0.25, 0.3) is 21.5 Å². The van der Waals surface area contributed by atoms with Crippen molar-refractivity contribution in [1.82, 2.24) is 0 Å². The van der Waals surface area contributed by atoms with Gasteiger partial charge in [-0.2, -0.15) is 0 Å². The van der Waals surface area contributed by atoms with Gasteiger partial charge in [-0.1, -0.05) is 12.1 Å². The number of benzene rings is 6. The van der Waals surface area contributed by atoms with Crippen molar-refractivity contribution in [2.24, 2.45) is 20.5 Å². The van der Waals surface area contributed by atoms with Crippen LogP contribution in [0.2, 0.25) is 0 Å². The van der Waals surface area contributed by atoms with E-state index in [0.717, 1.165) is 36.4 Å². The number of carbonyl (C=O) groups is 2. The summed E-state index contributed by atoms with van der Waals surface area (Å²) in [5.41, 5.74) is 8.71. The van der Waals surface area contributed by atoms with E-state index in [9.17, 15) is 71.7 Å². The molecule has 0 aliphatic carbocycles. The fraction of sp³-hybridized carbons (Fsp3) is 0. The van der Waals surface area contributed by atoms with Gasteiger partial charge < -0.3 is 50.5 Å². The summed E-state index contributed by atoms with van der Waals surface area (Å²) in [7, 11) is -20.8. The van der Waals surface area contributed by atoms with E-state index in [-0.39, 0.29) is 163 Å². The van der Waals surface area contributed by atoms with Gasteiger partial charge in [-0.3, -0.25) is 9.59 Å². The number of nitrogens with zero attached hydrogens (tertiary/aromatic N) is 4. The van der Waals surface area contributed by atoms with Crippen LogP contribution in [0.1, 0.15) is 0 Å². The third-order valence-electron chi connectivity index (χ3n) is 8.42. The number of azo groups is 2. The first-order chi connectivity index (χ1) is 28.7. The van der Waals surface area contributed by atoms with E-state index in [4.69, 9.17) is 11.5 Å². The average molecular weight is 1020 g/mol. The summed E-state index contributed by atoms with van der Waals surface area (Å²) in [5.74, 6) is -4.54.